The minimum Gasteiger partial charge on any atom is -0.375 e. The molecular weight excluding hydrogens is 404 g/mol. The molecule has 4 heteroatoms. The zero-order valence-corrected chi connectivity index (χ0v) is 18.2. The van der Waals surface area contributed by atoms with Gasteiger partial charge in [0.2, 0.25) is 0 Å². The predicted molar refractivity (Wildman–Crippen MR) is 133 cm³/mol. The molecule has 0 spiro atoms. The van der Waals surface area contributed by atoms with Crippen LogP contribution in [0.15, 0.2) is 119 Å². The molecular formula is C26H24N2S2. The van der Waals surface area contributed by atoms with Crippen molar-refractivity contribution in [1.29, 1.82) is 0 Å². The van der Waals surface area contributed by atoms with Crippen LogP contribution in [0, 0.1) is 0 Å². The normalized spacial score (nSPS) is 12.7. The molecule has 0 saturated carbocycles. The SMILES string of the molecule is Sc1ccccc1N[C@H](c1ccccc1)[C@H](Nc1ccccc1S)c1ccccc1. The monoisotopic (exact) mass is 428 g/mol. The van der Waals surface area contributed by atoms with Gasteiger partial charge in [0.15, 0.2) is 0 Å². The summed E-state index contributed by atoms with van der Waals surface area (Å²) in [4.78, 5) is 1.83. The van der Waals surface area contributed by atoms with Crippen LogP contribution in [0.2, 0.25) is 0 Å². The van der Waals surface area contributed by atoms with E-state index in [2.05, 4.69) is 96.6 Å². The Kier molecular flexibility index (Phi) is 6.67. The van der Waals surface area contributed by atoms with E-state index in [0.29, 0.717) is 0 Å². The second-order valence-electron chi connectivity index (χ2n) is 7.10. The lowest BCUT2D eigenvalue weighted by Crippen LogP contribution is -2.26. The largest absolute Gasteiger partial charge is 0.375 e. The molecule has 0 heterocycles. The number of para-hydroxylation sites is 2. The van der Waals surface area contributed by atoms with Crippen molar-refractivity contribution < 1.29 is 0 Å². The molecule has 2 nitrogen and oxygen atoms in total. The third-order valence-electron chi connectivity index (χ3n) is 5.08. The van der Waals surface area contributed by atoms with Crippen molar-refractivity contribution in [2.45, 2.75) is 21.9 Å². The number of benzene rings is 4. The summed E-state index contributed by atoms with van der Waals surface area (Å²) in [6.45, 7) is 0. The lowest BCUT2D eigenvalue weighted by Gasteiger charge is -2.32. The molecule has 0 bridgehead atoms. The number of hydrogen-bond acceptors (Lipinski definition) is 4. The van der Waals surface area contributed by atoms with Gasteiger partial charge in [0.25, 0.3) is 0 Å². The Labute approximate surface area is 189 Å². The molecule has 0 radical (unpaired) electrons. The van der Waals surface area contributed by atoms with E-state index in [0.717, 1.165) is 21.2 Å². The van der Waals surface area contributed by atoms with Crippen molar-refractivity contribution in [3.05, 3.63) is 120 Å². The highest BCUT2D eigenvalue weighted by molar-refractivity contribution is 7.80. The Morgan fingerprint density at radius 3 is 1.13 bits per heavy atom. The van der Waals surface area contributed by atoms with Gasteiger partial charge in [-0.3, -0.25) is 0 Å². The van der Waals surface area contributed by atoms with E-state index in [4.69, 9.17) is 0 Å². The second kappa shape index (κ2) is 9.79. The first kappa shape index (κ1) is 20.5. The zero-order valence-electron chi connectivity index (χ0n) is 16.4. The van der Waals surface area contributed by atoms with Crippen LogP contribution in [0.1, 0.15) is 23.2 Å². The minimum atomic E-state index is -0.0326. The Hall–Kier alpha value is -2.82. The van der Waals surface area contributed by atoms with E-state index < -0.39 is 0 Å². The van der Waals surface area contributed by atoms with Crippen molar-refractivity contribution in [2.24, 2.45) is 0 Å². The smallest absolute Gasteiger partial charge is 0.0757 e. The van der Waals surface area contributed by atoms with Crippen molar-refractivity contribution in [1.82, 2.24) is 0 Å². The van der Waals surface area contributed by atoms with Crippen LogP contribution in [0.3, 0.4) is 0 Å². The maximum absolute atomic E-state index is 4.66. The highest BCUT2D eigenvalue weighted by Crippen LogP contribution is 2.37. The third-order valence-corrected chi connectivity index (χ3v) is 5.86. The van der Waals surface area contributed by atoms with Gasteiger partial charge in [-0.2, -0.15) is 0 Å². The maximum Gasteiger partial charge on any atom is 0.0757 e. The van der Waals surface area contributed by atoms with Gasteiger partial charge in [-0.1, -0.05) is 84.9 Å². The average Bonchev–Trinajstić information content (AvgIpc) is 2.80. The van der Waals surface area contributed by atoms with Crippen LogP contribution >= 0.6 is 25.3 Å². The number of thiol groups is 2. The maximum atomic E-state index is 4.66. The van der Waals surface area contributed by atoms with Crippen molar-refractivity contribution in [3.63, 3.8) is 0 Å². The topological polar surface area (TPSA) is 24.1 Å². The molecule has 2 atom stereocenters. The first-order valence-electron chi connectivity index (χ1n) is 9.91. The van der Waals surface area contributed by atoms with Crippen LogP contribution in [-0.4, -0.2) is 0 Å². The average molecular weight is 429 g/mol. The lowest BCUT2D eigenvalue weighted by molar-refractivity contribution is 0.647. The van der Waals surface area contributed by atoms with Gasteiger partial charge in [0, 0.05) is 21.2 Å². The quantitative estimate of drug-likeness (QED) is 0.233. The van der Waals surface area contributed by atoms with Gasteiger partial charge in [0.1, 0.15) is 0 Å². The summed E-state index contributed by atoms with van der Waals surface area (Å²) in [5.74, 6) is 0. The minimum absolute atomic E-state index is 0.0326. The van der Waals surface area contributed by atoms with Crippen LogP contribution in [0.4, 0.5) is 11.4 Å². The van der Waals surface area contributed by atoms with E-state index in [1.54, 1.807) is 0 Å². The molecule has 0 unspecified atom stereocenters. The summed E-state index contributed by atoms with van der Waals surface area (Å²) < 4.78 is 0. The molecule has 0 aliphatic rings. The van der Waals surface area contributed by atoms with E-state index in [1.807, 2.05) is 48.5 Å². The van der Waals surface area contributed by atoms with Crippen LogP contribution < -0.4 is 10.6 Å². The van der Waals surface area contributed by atoms with Crippen LogP contribution in [0.25, 0.3) is 0 Å². The number of hydrogen-bond donors (Lipinski definition) is 4. The molecule has 150 valence electrons. The standard InChI is InChI=1S/C26H24N2S2/c29-23-17-9-7-15-21(23)27-25(19-11-3-1-4-12-19)26(20-13-5-2-6-14-20)28-22-16-8-10-18-24(22)30/h1-18,25-30H/t25-,26-/m1/s1. The summed E-state index contributed by atoms with van der Waals surface area (Å²) in [7, 11) is 0. The molecule has 30 heavy (non-hydrogen) atoms. The van der Waals surface area contributed by atoms with Crippen LogP contribution in [0.5, 0.6) is 0 Å². The molecule has 0 saturated heterocycles. The molecule has 4 rings (SSSR count). The van der Waals surface area contributed by atoms with Gasteiger partial charge in [-0.05, 0) is 35.4 Å². The Balaban J connectivity index is 1.80. The zero-order chi connectivity index (χ0) is 20.8. The fraction of sp³-hybridized carbons (Fsp3) is 0.0769. The third kappa shape index (κ3) is 4.84. The van der Waals surface area contributed by atoms with E-state index in [-0.39, 0.29) is 12.1 Å². The molecule has 0 aromatic heterocycles. The molecule has 4 aromatic carbocycles. The summed E-state index contributed by atoms with van der Waals surface area (Å²) in [6.07, 6.45) is 0. The molecule has 0 fully saturated rings. The highest BCUT2D eigenvalue weighted by Gasteiger charge is 2.26. The molecule has 0 amide bonds. The Morgan fingerprint density at radius 2 is 0.767 bits per heavy atom. The van der Waals surface area contributed by atoms with Crippen molar-refractivity contribution >= 4 is 36.6 Å². The molecule has 0 aliphatic heterocycles. The van der Waals surface area contributed by atoms with Gasteiger partial charge >= 0.3 is 0 Å². The summed E-state index contributed by atoms with van der Waals surface area (Å²) >= 11 is 9.32. The fourth-order valence-electron chi connectivity index (χ4n) is 3.57. The van der Waals surface area contributed by atoms with Crippen LogP contribution in [-0.2, 0) is 0 Å². The first-order chi connectivity index (χ1) is 14.7. The van der Waals surface area contributed by atoms with Gasteiger partial charge in [0.05, 0.1) is 12.1 Å². The highest BCUT2D eigenvalue weighted by atomic mass is 32.1. The van der Waals surface area contributed by atoms with E-state index in [1.165, 1.54) is 11.1 Å². The van der Waals surface area contributed by atoms with Gasteiger partial charge in [-0.15, -0.1) is 25.3 Å². The number of anilines is 2. The predicted octanol–water partition coefficient (Wildman–Crippen LogP) is 7.27. The van der Waals surface area contributed by atoms with Gasteiger partial charge < -0.3 is 10.6 Å². The Bertz CT molecular complexity index is 995. The summed E-state index contributed by atoms with van der Waals surface area (Å²) in [6, 6.07) is 37.1. The first-order valence-corrected chi connectivity index (χ1v) is 10.8. The molecule has 0 aliphatic carbocycles. The molecule has 4 aromatic rings. The number of rotatable bonds is 7. The van der Waals surface area contributed by atoms with Crippen molar-refractivity contribution in [2.75, 3.05) is 10.6 Å². The summed E-state index contributed by atoms with van der Waals surface area (Å²) in [5.41, 5.74) is 4.37. The Morgan fingerprint density at radius 1 is 0.433 bits per heavy atom. The van der Waals surface area contributed by atoms with Gasteiger partial charge in [-0.25, -0.2) is 0 Å². The summed E-state index contributed by atoms with van der Waals surface area (Å²) in [5, 5.41) is 7.48. The molecule has 2 N–H and O–H groups in total. The van der Waals surface area contributed by atoms with E-state index in [9.17, 15) is 0 Å². The van der Waals surface area contributed by atoms with Crippen molar-refractivity contribution in [3.8, 4) is 0 Å². The number of nitrogens with one attached hydrogen (secondary N) is 2. The lowest BCUT2D eigenvalue weighted by atomic mass is 9.92. The van der Waals surface area contributed by atoms with E-state index >= 15 is 0 Å². The second-order valence-corrected chi connectivity index (χ2v) is 8.06. The fourth-order valence-corrected chi connectivity index (χ4v) is 4.02.